The number of amides is 2. The summed E-state index contributed by atoms with van der Waals surface area (Å²) in [5, 5.41) is 10.5. The maximum Gasteiger partial charge on any atom is 0.339 e. The Balaban J connectivity index is 1.30. The summed E-state index contributed by atoms with van der Waals surface area (Å²) in [7, 11) is 0. The molecule has 2 heterocycles. The maximum atomic E-state index is 13.3. The molecule has 42 heavy (non-hydrogen) atoms. The number of benzene rings is 3. The molecule has 2 amide bonds. The molecule has 0 bridgehead atoms. The third-order valence-corrected chi connectivity index (χ3v) is 8.09. The number of hydrogen-bond donors (Lipinski definition) is 1. The first-order valence-electron chi connectivity index (χ1n) is 13.8. The number of nitrogens with zero attached hydrogens (tertiary/aromatic N) is 2. The molecule has 1 saturated heterocycles. The standard InChI is InChI=1S/C34H28N2O6/c1-19-7-5-11-25-30(19)33(40)36(32(25)39)22-15-13-21(14-16-22)27-17-26(23-10-6-8-20(2)31(23)35-27)34(41)42-18-29(38)24-9-3-4-12-28(24)37/h3-10,12-17,19,25,30,37H,11,18H2,1-2H3. The molecule has 0 radical (unpaired) electrons. The van der Waals surface area contributed by atoms with E-state index in [2.05, 4.69) is 0 Å². The highest BCUT2D eigenvalue weighted by Gasteiger charge is 2.50. The molecule has 2 aliphatic rings. The lowest BCUT2D eigenvalue weighted by atomic mass is 9.78. The number of fused-ring (bicyclic) bond motifs is 2. The molecule has 1 aliphatic heterocycles. The van der Waals surface area contributed by atoms with Crippen LogP contribution in [0.15, 0.2) is 84.9 Å². The highest BCUT2D eigenvalue weighted by Crippen LogP contribution is 2.41. The summed E-state index contributed by atoms with van der Waals surface area (Å²) in [4.78, 5) is 58.3. The van der Waals surface area contributed by atoms with Crippen LogP contribution in [0.4, 0.5) is 5.69 Å². The summed E-state index contributed by atoms with van der Waals surface area (Å²) in [6, 6.07) is 20.1. The second-order valence-corrected chi connectivity index (χ2v) is 10.8. The van der Waals surface area contributed by atoms with E-state index in [0.29, 0.717) is 34.3 Å². The van der Waals surface area contributed by atoms with Crippen molar-refractivity contribution in [2.45, 2.75) is 20.3 Å². The molecule has 0 saturated carbocycles. The summed E-state index contributed by atoms with van der Waals surface area (Å²) in [6.45, 7) is 3.31. The Bertz CT molecular complexity index is 1790. The van der Waals surface area contributed by atoms with Crippen LogP contribution >= 0.6 is 0 Å². The fourth-order valence-electron chi connectivity index (χ4n) is 5.89. The van der Waals surface area contributed by atoms with E-state index in [0.717, 1.165) is 5.56 Å². The van der Waals surface area contributed by atoms with E-state index >= 15 is 0 Å². The Kier molecular flexibility index (Phi) is 6.90. The SMILES string of the molecule is Cc1cccc2c(C(=O)OCC(=O)c3ccccc3O)cc(-c3ccc(N4C(=O)C5CC=CC(C)C5C4=O)cc3)nc12. The van der Waals surface area contributed by atoms with Gasteiger partial charge in [0.25, 0.3) is 0 Å². The molecule has 3 atom stereocenters. The van der Waals surface area contributed by atoms with Crippen molar-refractivity contribution in [1.29, 1.82) is 0 Å². The van der Waals surface area contributed by atoms with Gasteiger partial charge in [-0.25, -0.2) is 9.78 Å². The highest BCUT2D eigenvalue weighted by atomic mass is 16.5. The Morgan fingerprint density at radius 1 is 0.976 bits per heavy atom. The van der Waals surface area contributed by atoms with Crippen molar-refractivity contribution < 1.29 is 29.0 Å². The fourth-order valence-corrected chi connectivity index (χ4v) is 5.89. The first-order chi connectivity index (χ1) is 20.2. The number of esters is 1. The normalized spacial score (nSPS) is 19.7. The van der Waals surface area contributed by atoms with Gasteiger partial charge in [0, 0.05) is 10.9 Å². The van der Waals surface area contributed by atoms with E-state index in [1.165, 1.54) is 17.0 Å². The molecule has 1 aliphatic carbocycles. The van der Waals surface area contributed by atoms with E-state index in [9.17, 15) is 24.3 Å². The number of Topliss-reactive ketones (excluding diaryl/α,β-unsaturated/α-hetero) is 1. The molecule has 3 aromatic carbocycles. The Morgan fingerprint density at radius 3 is 2.48 bits per heavy atom. The lowest BCUT2D eigenvalue weighted by Crippen LogP contribution is -2.31. The first-order valence-corrected chi connectivity index (χ1v) is 13.8. The van der Waals surface area contributed by atoms with Gasteiger partial charge in [-0.15, -0.1) is 0 Å². The Hall–Kier alpha value is -5.11. The van der Waals surface area contributed by atoms with E-state index in [1.807, 2.05) is 38.1 Å². The van der Waals surface area contributed by atoms with Gasteiger partial charge in [0.1, 0.15) is 5.75 Å². The van der Waals surface area contributed by atoms with Gasteiger partial charge in [-0.05, 0) is 55.2 Å². The minimum absolute atomic E-state index is 0.00127. The average Bonchev–Trinajstić information content (AvgIpc) is 3.26. The van der Waals surface area contributed by atoms with Crippen molar-refractivity contribution in [3.63, 3.8) is 0 Å². The number of carbonyl (C=O) groups excluding carboxylic acids is 4. The summed E-state index contributed by atoms with van der Waals surface area (Å²) >= 11 is 0. The van der Waals surface area contributed by atoms with E-state index in [1.54, 1.807) is 48.5 Å². The molecular formula is C34H28N2O6. The van der Waals surface area contributed by atoms with Crippen LogP contribution in [-0.4, -0.2) is 40.3 Å². The topological polar surface area (TPSA) is 114 Å². The lowest BCUT2D eigenvalue weighted by molar-refractivity contribution is -0.122. The fraction of sp³-hybridized carbons (Fsp3) is 0.206. The van der Waals surface area contributed by atoms with Crippen molar-refractivity contribution in [3.8, 4) is 17.0 Å². The van der Waals surface area contributed by atoms with Crippen LogP contribution in [-0.2, 0) is 14.3 Å². The van der Waals surface area contributed by atoms with Crippen LogP contribution in [0.25, 0.3) is 22.2 Å². The second kappa shape index (κ2) is 10.7. The number of ketones is 1. The van der Waals surface area contributed by atoms with E-state index in [4.69, 9.17) is 9.72 Å². The summed E-state index contributed by atoms with van der Waals surface area (Å²) < 4.78 is 5.39. The number of carbonyl (C=O) groups is 4. The van der Waals surface area contributed by atoms with Gasteiger partial charge >= 0.3 is 5.97 Å². The number of hydrogen-bond acceptors (Lipinski definition) is 7. The smallest absolute Gasteiger partial charge is 0.339 e. The maximum absolute atomic E-state index is 13.3. The number of imide groups is 1. The third kappa shape index (κ3) is 4.64. The zero-order valence-corrected chi connectivity index (χ0v) is 23.1. The zero-order chi connectivity index (χ0) is 29.5. The monoisotopic (exact) mass is 560 g/mol. The van der Waals surface area contributed by atoms with Gasteiger partial charge in [0.05, 0.1) is 39.9 Å². The molecule has 1 fully saturated rings. The van der Waals surface area contributed by atoms with Gasteiger partial charge in [-0.3, -0.25) is 19.3 Å². The molecular weight excluding hydrogens is 532 g/mol. The van der Waals surface area contributed by atoms with Gasteiger partial charge < -0.3 is 9.84 Å². The molecule has 6 rings (SSSR count). The van der Waals surface area contributed by atoms with Crippen LogP contribution in [0.5, 0.6) is 5.75 Å². The molecule has 1 N–H and O–H groups in total. The van der Waals surface area contributed by atoms with Crippen LogP contribution < -0.4 is 4.90 Å². The molecule has 0 spiro atoms. The van der Waals surface area contributed by atoms with Crippen molar-refractivity contribution in [2.75, 3.05) is 11.5 Å². The van der Waals surface area contributed by atoms with E-state index < -0.39 is 18.4 Å². The first kappa shape index (κ1) is 27.1. The average molecular weight is 561 g/mol. The quantitative estimate of drug-likeness (QED) is 0.140. The van der Waals surface area contributed by atoms with Crippen molar-refractivity contribution in [2.24, 2.45) is 17.8 Å². The molecule has 1 aromatic heterocycles. The van der Waals surface area contributed by atoms with Crippen molar-refractivity contribution in [1.82, 2.24) is 4.98 Å². The van der Waals surface area contributed by atoms with Gasteiger partial charge in [0.15, 0.2) is 6.61 Å². The largest absolute Gasteiger partial charge is 0.507 e. The van der Waals surface area contributed by atoms with Crippen LogP contribution in [0.1, 0.15) is 39.6 Å². The summed E-state index contributed by atoms with van der Waals surface area (Å²) in [6.07, 6.45) is 4.53. The van der Waals surface area contributed by atoms with E-state index in [-0.39, 0.29) is 46.4 Å². The summed E-state index contributed by atoms with van der Waals surface area (Å²) in [5.74, 6) is -2.46. The van der Waals surface area contributed by atoms with Crippen molar-refractivity contribution >= 4 is 40.2 Å². The second-order valence-electron chi connectivity index (χ2n) is 10.8. The minimum atomic E-state index is -0.701. The Morgan fingerprint density at radius 2 is 1.74 bits per heavy atom. The number of ether oxygens (including phenoxy) is 1. The van der Waals surface area contributed by atoms with Gasteiger partial charge in [-0.1, -0.05) is 61.5 Å². The zero-order valence-electron chi connectivity index (χ0n) is 23.1. The number of aromatic hydroxyl groups is 1. The number of aromatic nitrogens is 1. The number of aryl methyl sites for hydroxylation is 1. The predicted molar refractivity (Wildman–Crippen MR) is 157 cm³/mol. The number of phenolic OH excluding ortho intramolecular Hbond substituents is 1. The predicted octanol–water partition coefficient (Wildman–Crippen LogP) is 5.66. The lowest BCUT2D eigenvalue weighted by Gasteiger charge is -2.22. The highest BCUT2D eigenvalue weighted by molar-refractivity contribution is 6.22. The number of phenols is 1. The molecule has 8 heteroatoms. The van der Waals surface area contributed by atoms with Crippen LogP contribution in [0.3, 0.4) is 0 Å². The molecule has 8 nitrogen and oxygen atoms in total. The number of pyridine rings is 1. The molecule has 3 unspecified atom stereocenters. The van der Waals surface area contributed by atoms with Crippen LogP contribution in [0.2, 0.25) is 0 Å². The molecule has 210 valence electrons. The number of anilines is 1. The van der Waals surface area contributed by atoms with Gasteiger partial charge in [0.2, 0.25) is 17.6 Å². The molecule has 4 aromatic rings. The third-order valence-electron chi connectivity index (χ3n) is 8.09. The number of para-hydroxylation sites is 2. The van der Waals surface area contributed by atoms with Crippen LogP contribution in [0, 0.1) is 24.7 Å². The Labute approximate surface area is 242 Å². The van der Waals surface area contributed by atoms with Crippen molar-refractivity contribution in [3.05, 3.63) is 102 Å². The summed E-state index contributed by atoms with van der Waals surface area (Å²) in [5.41, 5.74) is 3.43. The number of rotatable bonds is 6. The number of allylic oxidation sites excluding steroid dienone is 2. The van der Waals surface area contributed by atoms with Gasteiger partial charge in [-0.2, -0.15) is 0 Å². The minimum Gasteiger partial charge on any atom is -0.507 e.